The van der Waals surface area contributed by atoms with Gasteiger partial charge >= 0.3 is 5.97 Å². The largest absolute Gasteiger partial charge is 0.480 e. The molecule has 2 aliphatic heterocycles. The molecule has 0 bridgehead atoms. The minimum Gasteiger partial charge on any atom is -0.480 e. The van der Waals surface area contributed by atoms with E-state index in [0.717, 1.165) is 11.1 Å². The summed E-state index contributed by atoms with van der Waals surface area (Å²) in [4.78, 5) is 23.3. The van der Waals surface area contributed by atoms with E-state index in [9.17, 15) is 14.7 Å². The summed E-state index contributed by atoms with van der Waals surface area (Å²) >= 11 is 0. The van der Waals surface area contributed by atoms with E-state index in [4.69, 9.17) is 23.7 Å². The van der Waals surface area contributed by atoms with Crippen molar-refractivity contribution in [2.24, 2.45) is 0 Å². The summed E-state index contributed by atoms with van der Waals surface area (Å²) in [5.41, 5.74) is 1.74. The van der Waals surface area contributed by atoms with E-state index in [-0.39, 0.29) is 19.1 Å². The Bertz CT molecular complexity index is 925. The number of benzene rings is 2. The molecule has 2 heterocycles. The molecule has 3 unspecified atom stereocenters. The highest BCUT2D eigenvalue weighted by atomic mass is 16.8. The lowest BCUT2D eigenvalue weighted by Crippen LogP contribution is -2.67. The molecule has 0 saturated carbocycles. The fraction of sp³-hybridized carbons (Fsp3) is 0.417. The van der Waals surface area contributed by atoms with Gasteiger partial charge in [0.1, 0.15) is 31.0 Å². The summed E-state index contributed by atoms with van der Waals surface area (Å²) < 4.78 is 29.9. The Morgan fingerprint density at radius 2 is 1.73 bits per heavy atom. The van der Waals surface area contributed by atoms with Crippen molar-refractivity contribution in [2.75, 3.05) is 13.2 Å². The highest BCUT2D eigenvalue weighted by Crippen LogP contribution is 2.35. The van der Waals surface area contributed by atoms with Crippen LogP contribution in [0.4, 0.5) is 0 Å². The lowest BCUT2D eigenvalue weighted by Gasteiger charge is -2.49. The number of hydrogen-bond acceptors (Lipinski definition) is 7. The quantitative estimate of drug-likeness (QED) is 0.619. The molecule has 6 atom stereocenters. The van der Waals surface area contributed by atoms with Gasteiger partial charge in [-0.05, 0) is 5.56 Å². The number of carboxylic acids is 1. The minimum atomic E-state index is -1.13. The molecule has 4 rings (SSSR count). The molecule has 9 heteroatoms. The second-order valence-corrected chi connectivity index (χ2v) is 7.91. The number of hydrogen-bond donors (Lipinski definition) is 2. The zero-order valence-corrected chi connectivity index (χ0v) is 18.2. The Morgan fingerprint density at radius 3 is 2.39 bits per heavy atom. The molecule has 1 amide bonds. The van der Waals surface area contributed by atoms with Gasteiger partial charge < -0.3 is 34.1 Å². The van der Waals surface area contributed by atoms with E-state index in [1.165, 1.54) is 6.92 Å². The van der Waals surface area contributed by atoms with Crippen LogP contribution in [0.1, 0.15) is 24.3 Å². The second kappa shape index (κ2) is 10.9. The van der Waals surface area contributed by atoms with Gasteiger partial charge in [0.15, 0.2) is 12.6 Å². The van der Waals surface area contributed by atoms with Crippen LogP contribution in [0.15, 0.2) is 60.7 Å². The Balaban J connectivity index is 1.56. The third kappa shape index (κ3) is 5.95. The average Bonchev–Trinajstić information content (AvgIpc) is 2.82. The van der Waals surface area contributed by atoms with Crippen LogP contribution in [-0.2, 0) is 39.9 Å². The highest BCUT2D eigenvalue weighted by Gasteiger charge is 2.51. The van der Waals surface area contributed by atoms with Gasteiger partial charge in [0.25, 0.3) is 0 Å². The normalized spacial score (nSPS) is 29.1. The van der Waals surface area contributed by atoms with Crippen molar-refractivity contribution in [3.8, 4) is 0 Å². The molecule has 2 N–H and O–H groups in total. The first kappa shape index (κ1) is 23.3. The lowest BCUT2D eigenvalue weighted by molar-refractivity contribution is -0.349. The van der Waals surface area contributed by atoms with E-state index in [1.807, 2.05) is 60.7 Å². The topological polar surface area (TPSA) is 113 Å². The van der Waals surface area contributed by atoms with E-state index in [0.29, 0.717) is 0 Å². The molecule has 33 heavy (non-hydrogen) atoms. The zero-order valence-electron chi connectivity index (χ0n) is 18.2. The van der Waals surface area contributed by atoms with Crippen molar-refractivity contribution in [1.29, 1.82) is 0 Å². The average molecular weight is 457 g/mol. The smallest absolute Gasteiger partial charge is 0.329 e. The number of amides is 1. The van der Waals surface area contributed by atoms with Crippen molar-refractivity contribution in [3.05, 3.63) is 71.8 Å². The van der Waals surface area contributed by atoms with Crippen LogP contribution in [0.25, 0.3) is 0 Å². The molecule has 0 aromatic heterocycles. The highest BCUT2D eigenvalue weighted by molar-refractivity contribution is 5.73. The maximum Gasteiger partial charge on any atom is 0.329 e. The van der Waals surface area contributed by atoms with E-state index >= 15 is 0 Å². The standard InChI is InChI=1S/C24H27NO8/c1-15(26)25-20-22(29-14-19(27)28)21-18(13-31-23(33-21)17-10-6-3-7-11-17)32-24(20)30-12-16-8-4-2-5-9-16/h2-11,18,20-24H,12-14H2,1H3,(H,25,26)(H,27,28)/t18?,20-,21+,22?,23?,24+/m1/s1. The summed E-state index contributed by atoms with van der Waals surface area (Å²) in [6.45, 7) is 1.23. The number of carboxylic acid groups (broad SMARTS) is 1. The van der Waals surface area contributed by atoms with Gasteiger partial charge in [-0.2, -0.15) is 0 Å². The van der Waals surface area contributed by atoms with Crippen molar-refractivity contribution in [3.63, 3.8) is 0 Å². The SMILES string of the molecule is CC(=O)N[C@@H]1C(OCC(=O)O)[C@H]2OC(c3ccccc3)OCC2O[C@@H]1OCc1ccccc1. The van der Waals surface area contributed by atoms with Gasteiger partial charge in [0.05, 0.1) is 13.2 Å². The fourth-order valence-electron chi connectivity index (χ4n) is 4.00. The second-order valence-electron chi connectivity index (χ2n) is 7.91. The Labute approximate surface area is 191 Å². The van der Waals surface area contributed by atoms with Gasteiger partial charge in [0, 0.05) is 12.5 Å². The van der Waals surface area contributed by atoms with Crippen LogP contribution in [0.2, 0.25) is 0 Å². The monoisotopic (exact) mass is 457 g/mol. The first-order valence-electron chi connectivity index (χ1n) is 10.7. The summed E-state index contributed by atoms with van der Waals surface area (Å²) in [5.74, 6) is -1.46. The number of carbonyl (C=O) groups is 2. The predicted molar refractivity (Wildman–Crippen MR) is 115 cm³/mol. The van der Waals surface area contributed by atoms with Gasteiger partial charge in [-0.3, -0.25) is 4.79 Å². The Hall–Kier alpha value is -2.82. The van der Waals surface area contributed by atoms with Crippen molar-refractivity contribution in [1.82, 2.24) is 5.32 Å². The van der Waals surface area contributed by atoms with Crippen LogP contribution in [0.5, 0.6) is 0 Å². The number of aliphatic carboxylic acids is 1. The number of nitrogens with one attached hydrogen (secondary N) is 1. The van der Waals surface area contributed by atoms with E-state index < -0.39 is 49.5 Å². The van der Waals surface area contributed by atoms with Crippen LogP contribution < -0.4 is 5.32 Å². The number of fused-ring (bicyclic) bond motifs is 1. The van der Waals surface area contributed by atoms with Gasteiger partial charge in [-0.25, -0.2) is 4.79 Å². The van der Waals surface area contributed by atoms with E-state index in [2.05, 4.69) is 5.32 Å². The maximum atomic E-state index is 12.0. The molecule has 0 aliphatic carbocycles. The van der Waals surface area contributed by atoms with Gasteiger partial charge in [-0.15, -0.1) is 0 Å². The van der Waals surface area contributed by atoms with Gasteiger partial charge in [0.2, 0.25) is 5.91 Å². The van der Waals surface area contributed by atoms with Crippen molar-refractivity contribution < 1.29 is 38.4 Å². The Morgan fingerprint density at radius 1 is 1.03 bits per heavy atom. The Kier molecular flexibility index (Phi) is 7.69. The molecule has 2 aromatic rings. The fourth-order valence-corrected chi connectivity index (χ4v) is 4.00. The maximum absolute atomic E-state index is 12.0. The van der Waals surface area contributed by atoms with Gasteiger partial charge in [-0.1, -0.05) is 60.7 Å². The summed E-state index contributed by atoms with van der Waals surface area (Å²) in [5, 5.41) is 12.0. The van der Waals surface area contributed by atoms with Crippen LogP contribution in [0, 0.1) is 0 Å². The summed E-state index contributed by atoms with van der Waals surface area (Å²) in [6.07, 6.45) is -3.66. The minimum absolute atomic E-state index is 0.190. The molecular formula is C24H27NO8. The molecule has 2 aliphatic rings. The number of rotatable bonds is 8. The first-order chi connectivity index (χ1) is 16.0. The summed E-state index contributed by atoms with van der Waals surface area (Å²) in [7, 11) is 0. The molecular weight excluding hydrogens is 430 g/mol. The van der Waals surface area contributed by atoms with Crippen molar-refractivity contribution >= 4 is 11.9 Å². The molecule has 0 spiro atoms. The summed E-state index contributed by atoms with van der Waals surface area (Å²) in [6, 6.07) is 18.1. The molecule has 176 valence electrons. The lowest BCUT2D eigenvalue weighted by atomic mass is 9.95. The first-order valence-corrected chi connectivity index (χ1v) is 10.7. The molecule has 9 nitrogen and oxygen atoms in total. The van der Waals surface area contributed by atoms with E-state index in [1.54, 1.807) is 0 Å². The van der Waals surface area contributed by atoms with Crippen LogP contribution in [-0.4, -0.2) is 60.8 Å². The number of carbonyl (C=O) groups excluding carboxylic acids is 1. The zero-order chi connectivity index (χ0) is 23.2. The van der Waals surface area contributed by atoms with Crippen LogP contribution in [0.3, 0.4) is 0 Å². The van der Waals surface area contributed by atoms with Crippen molar-refractivity contribution in [2.45, 2.75) is 50.5 Å². The molecule has 2 fully saturated rings. The third-order valence-electron chi connectivity index (χ3n) is 5.44. The van der Waals surface area contributed by atoms with Crippen LogP contribution >= 0.6 is 0 Å². The number of ether oxygens (including phenoxy) is 5. The molecule has 2 saturated heterocycles. The molecule has 2 aromatic carbocycles. The molecule has 0 radical (unpaired) electrons. The predicted octanol–water partition coefficient (Wildman–Crippen LogP) is 2.02. The third-order valence-corrected chi connectivity index (χ3v) is 5.44.